The molecule has 2 rings (SSSR count). The van der Waals surface area contributed by atoms with Gasteiger partial charge in [-0.05, 0) is 30.5 Å². The summed E-state index contributed by atoms with van der Waals surface area (Å²) in [6, 6.07) is 5.62. The number of benzene rings is 1. The molecular weight excluding hydrogens is 238 g/mol. The summed E-state index contributed by atoms with van der Waals surface area (Å²) in [5, 5.41) is 0. The third kappa shape index (κ3) is 2.07. The Morgan fingerprint density at radius 2 is 2.06 bits per heavy atom. The molecule has 1 heterocycles. The molecule has 1 aliphatic rings. The van der Waals surface area contributed by atoms with Crippen molar-refractivity contribution in [1.29, 1.82) is 0 Å². The van der Waals surface area contributed by atoms with Gasteiger partial charge in [-0.15, -0.1) is 11.6 Å². The van der Waals surface area contributed by atoms with Gasteiger partial charge in [0.25, 0.3) is 11.7 Å². The van der Waals surface area contributed by atoms with Gasteiger partial charge < -0.3 is 4.90 Å². The van der Waals surface area contributed by atoms with Crippen LogP contribution in [0, 0.1) is 0 Å². The van der Waals surface area contributed by atoms with Gasteiger partial charge in [0.2, 0.25) is 0 Å². The quantitative estimate of drug-likeness (QED) is 0.609. The van der Waals surface area contributed by atoms with E-state index in [-0.39, 0.29) is 0 Å². The standard InChI is InChI=1S/C13H14ClNO2/c1-2-9-4-5-11-10(8-9)12(16)13(17)15(11)7-3-6-14/h4-5,8H,2-3,6-7H2,1H3. The zero-order valence-electron chi connectivity index (χ0n) is 9.70. The van der Waals surface area contributed by atoms with Gasteiger partial charge in [-0.3, -0.25) is 9.59 Å². The fourth-order valence-electron chi connectivity index (χ4n) is 2.01. The Hall–Kier alpha value is -1.35. The molecule has 0 unspecified atom stereocenters. The smallest absolute Gasteiger partial charge is 0.299 e. The van der Waals surface area contributed by atoms with Crippen molar-refractivity contribution in [3.05, 3.63) is 29.3 Å². The molecular formula is C13H14ClNO2. The number of hydrogen-bond acceptors (Lipinski definition) is 2. The Morgan fingerprint density at radius 3 is 2.71 bits per heavy atom. The molecule has 0 saturated heterocycles. The van der Waals surface area contributed by atoms with Crippen molar-refractivity contribution in [2.75, 3.05) is 17.3 Å². The van der Waals surface area contributed by atoms with Gasteiger partial charge in [0, 0.05) is 12.4 Å². The first-order chi connectivity index (χ1) is 8.19. The number of carbonyl (C=O) groups is 2. The van der Waals surface area contributed by atoms with Crippen LogP contribution < -0.4 is 4.90 Å². The molecule has 1 aromatic rings. The minimum atomic E-state index is -0.432. The highest BCUT2D eigenvalue weighted by Gasteiger charge is 2.35. The summed E-state index contributed by atoms with van der Waals surface area (Å²) >= 11 is 5.62. The molecule has 0 bridgehead atoms. The predicted molar refractivity (Wildman–Crippen MR) is 67.8 cm³/mol. The predicted octanol–water partition coefficient (Wildman–Crippen LogP) is 2.41. The minimum absolute atomic E-state index is 0.398. The minimum Gasteiger partial charge on any atom is -0.305 e. The second kappa shape index (κ2) is 4.88. The Kier molecular flexibility index (Phi) is 3.48. The maximum absolute atomic E-state index is 11.8. The molecule has 0 spiro atoms. The van der Waals surface area contributed by atoms with E-state index in [2.05, 4.69) is 0 Å². The average molecular weight is 252 g/mol. The van der Waals surface area contributed by atoms with Crippen LogP contribution >= 0.6 is 11.6 Å². The van der Waals surface area contributed by atoms with E-state index < -0.39 is 11.7 Å². The average Bonchev–Trinajstić information content (AvgIpc) is 2.60. The van der Waals surface area contributed by atoms with Gasteiger partial charge in [-0.25, -0.2) is 0 Å². The molecule has 17 heavy (non-hydrogen) atoms. The van der Waals surface area contributed by atoms with Crippen LogP contribution in [0.5, 0.6) is 0 Å². The number of amides is 1. The molecule has 0 fully saturated rings. The molecule has 0 N–H and O–H groups in total. The highest BCUT2D eigenvalue weighted by atomic mass is 35.5. The first-order valence-corrected chi connectivity index (χ1v) is 6.27. The van der Waals surface area contributed by atoms with E-state index >= 15 is 0 Å². The largest absolute Gasteiger partial charge is 0.305 e. The van der Waals surface area contributed by atoms with Crippen LogP contribution in [-0.4, -0.2) is 24.1 Å². The van der Waals surface area contributed by atoms with Gasteiger partial charge in [0.1, 0.15) is 0 Å². The zero-order chi connectivity index (χ0) is 12.4. The fourth-order valence-corrected chi connectivity index (χ4v) is 2.13. The van der Waals surface area contributed by atoms with Crippen LogP contribution in [0.25, 0.3) is 0 Å². The molecule has 90 valence electrons. The summed E-state index contributed by atoms with van der Waals surface area (Å²) in [6.07, 6.45) is 1.55. The Labute approximate surface area is 105 Å². The zero-order valence-corrected chi connectivity index (χ0v) is 10.5. The van der Waals surface area contributed by atoms with E-state index in [1.165, 1.54) is 4.90 Å². The molecule has 1 aromatic carbocycles. The van der Waals surface area contributed by atoms with Crippen LogP contribution in [0.1, 0.15) is 29.3 Å². The number of aryl methyl sites for hydroxylation is 1. The van der Waals surface area contributed by atoms with Crippen molar-refractivity contribution in [3.8, 4) is 0 Å². The Bertz CT molecular complexity index is 470. The molecule has 0 radical (unpaired) electrons. The fraction of sp³-hybridized carbons (Fsp3) is 0.385. The number of fused-ring (bicyclic) bond motifs is 1. The normalized spacial score (nSPS) is 14.4. The molecule has 4 heteroatoms. The molecule has 3 nitrogen and oxygen atoms in total. The van der Waals surface area contributed by atoms with E-state index in [4.69, 9.17) is 11.6 Å². The van der Waals surface area contributed by atoms with Gasteiger partial charge in [0.05, 0.1) is 11.3 Å². The van der Waals surface area contributed by atoms with Crippen molar-refractivity contribution in [3.63, 3.8) is 0 Å². The van der Waals surface area contributed by atoms with Gasteiger partial charge >= 0.3 is 0 Å². The third-order valence-electron chi connectivity index (χ3n) is 2.96. The lowest BCUT2D eigenvalue weighted by Gasteiger charge is -2.15. The molecule has 1 aliphatic heterocycles. The number of carbonyl (C=O) groups excluding carboxylic acids is 2. The lowest BCUT2D eigenvalue weighted by Crippen LogP contribution is -2.30. The van der Waals surface area contributed by atoms with Crippen molar-refractivity contribution >= 4 is 29.0 Å². The number of nitrogens with zero attached hydrogens (tertiary/aromatic N) is 1. The lowest BCUT2D eigenvalue weighted by molar-refractivity contribution is -0.114. The van der Waals surface area contributed by atoms with Crippen LogP contribution in [-0.2, 0) is 11.2 Å². The number of hydrogen-bond donors (Lipinski definition) is 0. The van der Waals surface area contributed by atoms with Crippen molar-refractivity contribution in [2.24, 2.45) is 0 Å². The van der Waals surface area contributed by atoms with Crippen LogP contribution in [0.2, 0.25) is 0 Å². The lowest BCUT2D eigenvalue weighted by atomic mass is 10.1. The van der Waals surface area contributed by atoms with Crippen molar-refractivity contribution in [1.82, 2.24) is 0 Å². The first kappa shape index (κ1) is 12.1. The second-order valence-electron chi connectivity index (χ2n) is 4.03. The number of anilines is 1. The summed E-state index contributed by atoms with van der Waals surface area (Å²) in [4.78, 5) is 25.1. The maximum Gasteiger partial charge on any atom is 0.299 e. The number of ketones is 1. The van der Waals surface area contributed by atoms with E-state index in [1.807, 2.05) is 25.1 Å². The number of Topliss-reactive ketones (excluding diaryl/α,β-unsaturated/α-hetero) is 1. The number of halogens is 1. The molecule has 0 atom stereocenters. The first-order valence-electron chi connectivity index (χ1n) is 5.74. The van der Waals surface area contributed by atoms with Crippen LogP contribution in [0.3, 0.4) is 0 Å². The molecule has 1 amide bonds. The van der Waals surface area contributed by atoms with Crippen molar-refractivity contribution in [2.45, 2.75) is 19.8 Å². The summed E-state index contributed by atoms with van der Waals surface area (Å²) in [5.74, 6) is -0.344. The topological polar surface area (TPSA) is 37.4 Å². The summed E-state index contributed by atoms with van der Waals surface area (Å²) in [6.45, 7) is 2.53. The van der Waals surface area contributed by atoms with E-state index in [9.17, 15) is 9.59 Å². The Morgan fingerprint density at radius 1 is 1.29 bits per heavy atom. The third-order valence-corrected chi connectivity index (χ3v) is 3.23. The van der Waals surface area contributed by atoms with E-state index in [0.717, 1.165) is 17.7 Å². The molecule has 0 saturated carbocycles. The highest BCUT2D eigenvalue weighted by Crippen LogP contribution is 2.30. The van der Waals surface area contributed by atoms with Gasteiger partial charge in [-0.1, -0.05) is 13.0 Å². The highest BCUT2D eigenvalue weighted by molar-refractivity contribution is 6.52. The summed E-state index contributed by atoms with van der Waals surface area (Å²) in [7, 11) is 0. The summed E-state index contributed by atoms with van der Waals surface area (Å²) in [5.41, 5.74) is 2.33. The monoisotopic (exact) mass is 251 g/mol. The van der Waals surface area contributed by atoms with E-state index in [1.54, 1.807) is 0 Å². The van der Waals surface area contributed by atoms with Gasteiger partial charge in [-0.2, -0.15) is 0 Å². The SMILES string of the molecule is CCc1ccc2c(c1)C(=O)C(=O)N2CCCCl. The van der Waals surface area contributed by atoms with Gasteiger partial charge in [0.15, 0.2) is 0 Å². The Balaban J connectivity index is 2.36. The van der Waals surface area contributed by atoms with Crippen molar-refractivity contribution < 1.29 is 9.59 Å². The van der Waals surface area contributed by atoms with Crippen LogP contribution in [0.4, 0.5) is 5.69 Å². The van der Waals surface area contributed by atoms with Crippen LogP contribution in [0.15, 0.2) is 18.2 Å². The molecule has 0 aliphatic carbocycles. The second-order valence-corrected chi connectivity index (χ2v) is 4.41. The maximum atomic E-state index is 11.8. The summed E-state index contributed by atoms with van der Waals surface area (Å²) < 4.78 is 0. The number of rotatable bonds is 4. The number of alkyl halides is 1. The molecule has 0 aromatic heterocycles. The van der Waals surface area contributed by atoms with E-state index in [0.29, 0.717) is 24.4 Å².